The number of hydrogen-bond acceptors (Lipinski definition) is 5. The molecule has 6 heteroatoms. The van der Waals surface area contributed by atoms with Crippen molar-refractivity contribution in [2.24, 2.45) is 5.92 Å². The minimum atomic E-state index is -0.135. The predicted molar refractivity (Wildman–Crippen MR) is 64.1 cm³/mol. The molecular weight excluding hydrogens is 234 g/mol. The molecule has 0 radical (unpaired) electrons. The van der Waals surface area contributed by atoms with Crippen molar-refractivity contribution in [3.8, 4) is 6.08 Å². The molecule has 2 rings (SSSR count). The van der Waals surface area contributed by atoms with Crippen LogP contribution in [-0.2, 0) is 4.79 Å². The first-order chi connectivity index (χ1) is 8.65. The molecule has 1 aliphatic rings. The lowest BCUT2D eigenvalue weighted by Gasteiger charge is -2.29. The molecular formula is C12H19N3O3. The molecule has 0 bridgehead atoms. The maximum Gasteiger partial charge on any atom is 0.417 e. The van der Waals surface area contributed by atoms with Crippen molar-refractivity contribution >= 4 is 5.91 Å². The van der Waals surface area contributed by atoms with E-state index in [4.69, 9.17) is 9.26 Å². The maximum absolute atomic E-state index is 11.7. The number of carbonyl (C=O) groups is 1. The number of aromatic nitrogens is 2. The number of amides is 1. The van der Waals surface area contributed by atoms with Crippen LogP contribution in [0, 0.1) is 12.8 Å². The highest BCUT2D eigenvalue weighted by Crippen LogP contribution is 2.23. The van der Waals surface area contributed by atoms with Crippen molar-refractivity contribution < 1.29 is 14.1 Å². The Bertz CT molecular complexity index is 405. The highest BCUT2D eigenvalue weighted by Gasteiger charge is 2.23. The molecule has 0 unspecified atom stereocenters. The molecule has 18 heavy (non-hydrogen) atoms. The van der Waals surface area contributed by atoms with Crippen molar-refractivity contribution in [3.63, 3.8) is 0 Å². The van der Waals surface area contributed by atoms with Crippen molar-refractivity contribution in [2.75, 3.05) is 6.61 Å². The third kappa shape index (κ3) is 3.45. The van der Waals surface area contributed by atoms with E-state index in [2.05, 4.69) is 22.4 Å². The third-order valence-corrected chi connectivity index (χ3v) is 3.29. The molecule has 1 aromatic heterocycles. The lowest BCUT2D eigenvalue weighted by atomic mass is 9.86. The van der Waals surface area contributed by atoms with E-state index in [0.717, 1.165) is 6.42 Å². The Balaban J connectivity index is 1.74. The number of nitrogens with one attached hydrogen (secondary N) is 1. The first-order valence-electron chi connectivity index (χ1n) is 6.37. The van der Waals surface area contributed by atoms with Gasteiger partial charge in [-0.1, -0.05) is 24.9 Å². The molecule has 1 saturated carbocycles. The van der Waals surface area contributed by atoms with Gasteiger partial charge in [0.05, 0.1) is 0 Å². The van der Waals surface area contributed by atoms with Crippen LogP contribution in [0.2, 0.25) is 0 Å². The van der Waals surface area contributed by atoms with Gasteiger partial charge in [-0.2, -0.15) is 4.98 Å². The molecule has 0 spiro atoms. The number of carbonyl (C=O) groups excluding carboxylic acids is 1. The van der Waals surface area contributed by atoms with E-state index in [1.807, 2.05) is 0 Å². The predicted octanol–water partition coefficient (Wildman–Crippen LogP) is 1.45. The molecule has 1 aliphatic carbocycles. The molecule has 1 aromatic rings. The van der Waals surface area contributed by atoms with Gasteiger partial charge in [-0.15, -0.1) is 0 Å². The van der Waals surface area contributed by atoms with E-state index in [-0.39, 0.29) is 24.6 Å². The second-order valence-electron chi connectivity index (χ2n) is 4.83. The fourth-order valence-electron chi connectivity index (χ4n) is 2.24. The zero-order valence-electron chi connectivity index (χ0n) is 10.8. The average molecular weight is 253 g/mol. The van der Waals surface area contributed by atoms with Crippen LogP contribution in [0.3, 0.4) is 0 Å². The molecule has 1 heterocycles. The van der Waals surface area contributed by atoms with E-state index < -0.39 is 0 Å². The largest absolute Gasteiger partial charge is 0.439 e. The van der Waals surface area contributed by atoms with Crippen LogP contribution in [0.5, 0.6) is 6.08 Å². The number of aryl methyl sites for hydroxylation is 1. The quantitative estimate of drug-likeness (QED) is 0.878. The summed E-state index contributed by atoms with van der Waals surface area (Å²) in [6.07, 6.45) is 4.70. The Labute approximate surface area is 106 Å². The molecule has 6 nitrogen and oxygen atoms in total. The molecule has 2 atom stereocenters. The summed E-state index contributed by atoms with van der Waals surface area (Å²) in [4.78, 5) is 15.6. The van der Waals surface area contributed by atoms with Crippen LogP contribution >= 0.6 is 0 Å². The lowest BCUT2D eigenvalue weighted by Crippen LogP contribution is -2.43. The van der Waals surface area contributed by atoms with Crippen LogP contribution < -0.4 is 10.1 Å². The Morgan fingerprint density at radius 1 is 1.50 bits per heavy atom. The first kappa shape index (κ1) is 12.9. The fourth-order valence-corrected chi connectivity index (χ4v) is 2.24. The summed E-state index contributed by atoms with van der Waals surface area (Å²) in [5, 5.41) is 6.57. The summed E-state index contributed by atoms with van der Waals surface area (Å²) in [6.45, 7) is 3.79. The third-order valence-electron chi connectivity index (χ3n) is 3.29. The number of ether oxygens (including phenoxy) is 1. The van der Waals surface area contributed by atoms with E-state index in [0.29, 0.717) is 11.7 Å². The van der Waals surface area contributed by atoms with Gasteiger partial charge in [0, 0.05) is 6.04 Å². The zero-order chi connectivity index (χ0) is 13.0. The van der Waals surface area contributed by atoms with Gasteiger partial charge >= 0.3 is 6.08 Å². The molecule has 100 valence electrons. The molecule has 1 amide bonds. The summed E-state index contributed by atoms with van der Waals surface area (Å²) in [6, 6.07) is 0.263. The van der Waals surface area contributed by atoms with Gasteiger partial charge in [-0.05, 0) is 25.7 Å². The molecule has 0 aliphatic heterocycles. The fraction of sp³-hybridized carbons (Fsp3) is 0.750. The van der Waals surface area contributed by atoms with Crippen LogP contribution in [0.25, 0.3) is 0 Å². The summed E-state index contributed by atoms with van der Waals surface area (Å²) < 4.78 is 9.88. The van der Waals surface area contributed by atoms with Crippen LogP contribution in [0.15, 0.2) is 4.52 Å². The summed E-state index contributed by atoms with van der Waals surface area (Å²) in [5.74, 6) is 0.893. The Morgan fingerprint density at radius 3 is 2.94 bits per heavy atom. The van der Waals surface area contributed by atoms with E-state index in [1.165, 1.54) is 19.3 Å². The number of hydrogen-bond donors (Lipinski definition) is 1. The summed E-state index contributed by atoms with van der Waals surface area (Å²) >= 11 is 0. The minimum Gasteiger partial charge on any atom is -0.439 e. The summed E-state index contributed by atoms with van der Waals surface area (Å²) in [7, 11) is 0. The second-order valence-corrected chi connectivity index (χ2v) is 4.83. The highest BCUT2D eigenvalue weighted by atomic mass is 16.6. The zero-order valence-corrected chi connectivity index (χ0v) is 10.8. The SMILES string of the molecule is Cc1noc(OCC(=O)N[C@H]2CCCC[C@H]2C)n1. The van der Waals surface area contributed by atoms with Crippen LogP contribution in [0.4, 0.5) is 0 Å². The van der Waals surface area contributed by atoms with E-state index >= 15 is 0 Å². The Kier molecular flexibility index (Phi) is 4.17. The van der Waals surface area contributed by atoms with Gasteiger partial charge in [0.25, 0.3) is 5.91 Å². The topological polar surface area (TPSA) is 77.2 Å². The smallest absolute Gasteiger partial charge is 0.417 e. The average Bonchev–Trinajstić information content (AvgIpc) is 2.76. The minimum absolute atomic E-state index is 0.0411. The van der Waals surface area contributed by atoms with Crippen LogP contribution in [0.1, 0.15) is 38.4 Å². The monoisotopic (exact) mass is 253 g/mol. The first-order valence-corrected chi connectivity index (χ1v) is 6.37. The van der Waals surface area contributed by atoms with Gasteiger partial charge in [0.1, 0.15) is 0 Å². The van der Waals surface area contributed by atoms with Gasteiger partial charge in [-0.3, -0.25) is 9.32 Å². The molecule has 0 aromatic carbocycles. The van der Waals surface area contributed by atoms with Gasteiger partial charge in [0.15, 0.2) is 12.4 Å². The maximum atomic E-state index is 11.7. The van der Waals surface area contributed by atoms with Crippen molar-refractivity contribution in [1.29, 1.82) is 0 Å². The van der Waals surface area contributed by atoms with Gasteiger partial charge in [-0.25, -0.2) is 0 Å². The Hall–Kier alpha value is -1.59. The van der Waals surface area contributed by atoms with Crippen molar-refractivity contribution in [3.05, 3.63) is 5.82 Å². The standard InChI is InChI=1S/C12H19N3O3/c1-8-5-3-4-6-10(8)14-11(16)7-17-12-13-9(2)15-18-12/h8,10H,3-7H2,1-2H3,(H,14,16)/t8-,10+/m1/s1. The van der Waals surface area contributed by atoms with Crippen molar-refractivity contribution in [1.82, 2.24) is 15.5 Å². The second kappa shape index (κ2) is 5.84. The molecule has 1 fully saturated rings. The highest BCUT2D eigenvalue weighted by molar-refractivity contribution is 5.77. The normalized spacial score (nSPS) is 23.7. The number of rotatable bonds is 4. The van der Waals surface area contributed by atoms with Crippen LogP contribution in [-0.4, -0.2) is 28.7 Å². The number of nitrogens with zero attached hydrogens (tertiary/aromatic N) is 2. The Morgan fingerprint density at radius 2 is 2.28 bits per heavy atom. The lowest BCUT2D eigenvalue weighted by molar-refractivity contribution is -0.124. The molecule has 0 saturated heterocycles. The van der Waals surface area contributed by atoms with E-state index in [9.17, 15) is 4.79 Å². The van der Waals surface area contributed by atoms with Gasteiger partial charge < -0.3 is 10.1 Å². The van der Waals surface area contributed by atoms with Crippen molar-refractivity contribution in [2.45, 2.75) is 45.6 Å². The molecule has 1 N–H and O–H groups in total. The van der Waals surface area contributed by atoms with E-state index in [1.54, 1.807) is 6.92 Å². The van der Waals surface area contributed by atoms with Gasteiger partial charge in [0.2, 0.25) is 0 Å². The summed E-state index contributed by atoms with van der Waals surface area (Å²) in [5.41, 5.74) is 0.